The minimum Gasteiger partial charge on any atom is -0.317 e. The zero-order valence-electron chi connectivity index (χ0n) is 9.73. The van der Waals surface area contributed by atoms with E-state index < -0.39 is 7.55 Å². The highest BCUT2D eigenvalue weighted by molar-refractivity contribution is 7.19. The van der Waals surface area contributed by atoms with Crippen molar-refractivity contribution >= 4 is 18.6 Å². The Balaban J connectivity index is 4.33. The Morgan fingerprint density at radius 2 is 1.85 bits per heavy atom. The van der Waals surface area contributed by atoms with E-state index in [-0.39, 0.29) is 0 Å². The molecule has 2 atom stereocenters. The molecule has 0 bridgehead atoms. The fourth-order valence-corrected chi connectivity index (χ4v) is 5.81. The van der Waals surface area contributed by atoms with Crippen molar-refractivity contribution in [2.45, 2.75) is 51.6 Å². The Morgan fingerprint density at radius 3 is 2.15 bits per heavy atom. The third-order valence-corrected chi connectivity index (χ3v) is 10.2. The van der Waals surface area contributed by atoms with Crippen molar-refractivity contribution in [1.29, 1.82) is 0 Å². The van der Waals surface area contributed by atoms with Gasteiger partial charge in [0.2, 0.25) is 7.55 Å². The lowest BCUT2D eigenvalue weighted by Gasteiger charge is -2.36. The van der Waals surface area contributed by atoms with E-state index in [4.69, 9.17) is 11.1 Å². The minimum atomic E-state index is -1.65. The summed E-state index contributed by atoms with van der Waals surface area (Å²) >= 11 is 6.77. The van der Waals surface area contributed by atoms with Gasteiger partial charge in [-0.15, -0.1) is 11.1 Å². The highest BCUT2D eigenvalue weighted by Crippen LogP contribution is 2.35. The first-order valence-electron chi connectivity index (χ1n) is 5.35. The van der Waals surface area contributed by atoms with Crippen LogP contribution in [0.15, 0.2) is 0 Å². The molecule has 0 heterocycles. The molecule has 0 aromatic rings. The topological polar surface area (TPSA) is 3.24 Å². The summed E-state index contributed by atoms with van der Waals surface area (Å²) in [5.74, 6) is 0. The minimum absolute atomic E-state index is 0.690. The lowest BCUT2D eigenvalue weighted by atomic mass is 10.4. The molecule has 2 unspecified atom stereocenters. The Hall–Kier alpha value is 0.467. The van der Waals surface area contributed by atoms with E-state index in [1.165, 1.54) is 25.3 Å². The molecule has 0 aliphatic rings. The van der Waals surface area contributed by atoms with Crippen molar-refractivity contribution in [3.8, 4) is 0 Å². The number of nitrogens with zero attached hydrogens (tertiary/aromatic N) is 1. The summed E-state index contributed by atoms with van der Waals surface area (Å²) in [5, 5.41) is 0. The van der Waals surface area contributed by atoms with E-state index in [9.17, 15) is 0 Å². The molecule has 0 aromatic heterocycles. The van der Waals surface area contributed by atoms with Crippen molar-refractivity contribution in [3.05, 3.63) is 0 Å². The molecule has 0 aliphatic heterocycles. The maximum Gasteiger partial charge on any atom is 0.231 e. The van der Waals surface area contributed by atoms with Crippen LogP contribution in [0.4, 0.5) is 0 Å². The van der Waals surface area contributed by atoms with Crippen LogP contribution in [-0.2, 0) is 0 Å². The lowest BCUT2D eigenvalue weighted by molar-refractivity contribution is 0.588. The molecular formula is C10H24ClNSi. The summed E-state index contributed by atoms with van der Waals surface area (Å²) in [5.41, 5.74) is 0.690. The molecule has 80 valence electrons. The van der Waals surface area contributed by atoms with E-state index >= 15 is 0 Å². The number of hydrogen-bond acceptors (Lipinski definition) is 1. The van der Waals surface area contributed by atoms with Gasteiger partial charge < -0.3 is 4.57 Å². The first-order valence-corrected chi connectivity index (χ1v) is 8.59. The molecule has 13 heavy (non-hydrogen) atoms. The summed E-state index contributed by atoms with van der Waals surface area (Å²) in [6.45, 7) is 6.77. The van der Waals surface area contributed by atoms with Crippen LogP contribution in [0, 0.1) is 0 Å². The zero-order valence-corrected chi connectivity index (χ0v) is 11.5. The van der Waals surface area contributed by atoms with Gasteiger partial charge in [-0.05, 0) is 25.7 Å². The zero-order chi connectivity index (χ0) is 10.5. The van der Waals surface area contributed by atoms with E-state index in [0.717, 1.165) is 0 Å². The Kier molecular flexibility index (Phi) is 6.26. The molecule has 1 nitrogen and oxygen atoms in total. The van der Waals surface area contributed by atoms with Crippen LogP contribution < -0.4 is 0 Å². The lowest BCUT2D eigenvalue weighted by Crippen LogP contribution is -2.47. The predicted octanol–water partition coefficient (Wildman–Crippen LogP) is 3.83. The van der Waals surface area contributed by atoms with Gasteiger partial charge in [-0.25, -0.2) is 0 Å². The Labute approximate surface area is 89.3 Å². The fourth-order valence-electron chi connectivity index (χ4n) is 1.65. The van der Waals surface area contributed by atoms with Gasteiger partial charge in [-0.3, -0.25) is 0 Å². The van der Waals surface area contributed by atoms with Crippen LogP contribution in [0.2, 0.25) is 11.6 Å². The van der Waals surface area contributed by atoms with Crippen molar-refractivity contribution in [2.75, 3.05) is 14.1 Å². The van der Waals surface area contributed by atoms with Crippen molar-refractivity contribution < 1.29 is 0 Å². The van der Waals surface area contributed by atoms with Gasteiger partial charge in [0.1, 0.15) is 0 Å². The number of hydrogen-bond donors (Lipinski definition) is 0. The third-order valence-electron chi connectivity index (χ3n) is 2.99. The molecule has 0 amide bonds. The second-order valence-corrected chi connectivity index (χ2v) is 10.1. The summed E-state index contributed by atoms with van der Waals surface area (Å²) in [6, 6.07) is 1.23. The summed E-state index contributed by atoms with van der Waals surface area (Å²) in [7, 11) is 2.63. The van der Waals surface area contributed by atoms with E-state index in [2.05, 4.69) is 39.4 Å². The molecule has 0 rings (SSSR count). The Morgan fingerprint density at radius 1 is 1.31 bits per heavy atom. The van der Waals surface area contributed by atoms with Crippen LogP contribution in [0.25, 0.3) is 0 Å². The standard InChI is InChI=1S/C10H24ClNSi/c1-6-8-9-13(11,12(4)5)10(3)7-2/h10H,6-9H2,1-5H3. The van der Waals surface area contributed by atoms with Crippen molar-refractivity contribution in [1.82, 2.24) is 4.57 Å². The normalized spacial score (nSPS) is 18.7. The SMILES string of the molecule is CCCC[Si](Cl)(C(C)CC)N(C)C. The van der Waals surface area contributed by atoms with Crippen LogP contribution in [0.5, 0.6) is 0 Å². The highest BCUT2D eigenvalue weighted by atomic mass is 35.6. The largest absolute Gasteiger partial charge is 0.317 e. The van der Waals surface area contributed by atoms with E-state index in [1.54, 1.807) is 0 Å². The quantitative estimate of drug-likeness (QED) is 0.487. The molecule has 0 fully saturated rings. The van der Waals surface area contributed by atoms with Crippen molar-refractivity contribution in [2.24, 2.45) is 0 Å². The maximum atomic E-state index is 6.77. The molecule has 0 saturated carbocycles. The molecule has 0 aromatic carbocycles. The van der Waals surface area contributed by atoms with Gasteiger partial charge in [0.05, 0.1) is 0 Å². The summed E-state index contributed by atoms with van der Waals surface area (Å²) < 4.78 is 2.30. The number of rotatable bonds is 6. The molecule has 0 radical (unpaired) electrons. The molecule has 0 aliphatic carbocycles. The van der Waals surface area contributed by atoms with Crippen LogP contribution in [0.3, 0.4) is 0 Å². The fraction of sp³-hybridized carbons (Fsp3) is 1.00. The summed E-state index contributed by atoms with van der Waals surface area (Å²) in [4.78, 5) is 0. The van der Waals surface area contributed by atoms with Crippen molar-refractivity contribution in [3.63, 3.8) is 0 Å². The molecule has 0 spiro atoms. The molecule has 0 N–H and O–H groups in total. The van der Waals surface area contributed by atoms with Gasteiger partial charge in [-0.1, -0.05) is 40.0 Å². The first kappa shape index (κ1) is 13.5. The highest BCUT2D eigenvalue weighted by Gasteiger charge is 2.38. The molecular weight excluding hydrogens is 198 g/mol. The first-order chi connectivity index (χ1) is 5.99. The van der Waals surface area contributed by atoms with Crippen LogP contribution in [-0.4, -0.2) is 26.2 Å². The number of unbranched alkanes of at least 4 members (excludes halogenated alkanes) is 1. The van der Waals surface area contributed by atoms with Gasteiger partial charge in [0.25, 0.3) is 0 Å². The molecule has 0 saturated heterocycles. The van der Waals surface area contributed by atoms with Gasteiger partial charge in [0.15, 0.2) is 0 Å². The van der Waals surface area contributed by atoms with Crippen LogP contribution >= 0.6 is 11.1 Å². The summed E-state index contributed by atoms with van der Waals surface area (Å²) in [6.07, 6.45) is 3.74. The third kappa shape index (κ3) is 3.60. The molecule has 3 heteroatoms. The second-order valence-electron chi connectivity index (χ2n) is 4.13. The van der Waals surface area contributed by atoms with Gasteiger partial charge >= 0.3 is 0 Å². The van der Waals surface area contributed by atoms with E-state index in [0.29, 0.717) is 5.54 Å². The Bertz CT molecular complexity index is 141. The van der Waals surface area contributed by atoms with E-state index in [1.807, 2.05) is 0 Å². The smallest absolute Gasteiger partial charge is 0.231 e. The number of halogens is 1. The average molecular weight is 222 g/mol. The van der Waals surface area contributed by atoms with Gasteiger partial charge in [-0.2, -0.15) is 0 Å². The second kappa shape index (κ2) is 6.05. The van der Waals surface area contributed by atoms with Crippen LogP contribution in [0.1, 0.15) is 40.0 Å². The van der Waals surface area contributed by atoms with Gasteiger partial charge in [0, 0.05) is 0 Å². The average Bonchev–Trinajstić information content (AvgIpc) is 2.12. The predicted molar refractivity (Wildman–Crippen MR) is 64.7 cm³/mol. The monoisotopic (exact) mass is 221 g/mol. The maximum absolute atomic E-state index is 6.77.